The van der Waals surface area contributed by atoms with E-state index in [1.165, 1.54) is 0 Å². The SMILES string of the molecule is CC(C)NC(=O)N(C1CCOCC1)C1CN(C(=O)c2cccn2C)C1. The van der Waals surface area contributed by atoms with Crippen molar-refractivity contribution in [1.29, 1.82) is 0 Å². The largest absolute Gasteiger partial charge is 0.381 e. The zero-order valence-corrected chi connectivity index (χ0v) is 15.3. The highest BCUT2D eigenvalue weighted by molar-refractivity contribution is 5.93. The molecule has 0 radical (unpaired) electrons. The van der Waals surface area contributed by atoms with Crippen molar-refractivity contribution in [2.24, 2.45) is 7.05 Å². The van der Waals surface area contributed by atoms with E-state index >= 15 is 0 Å². The number of ether oxygens (including phenoxy) is 1. The molecule has 1 aromatic rings. The van der Waals surface area contributed by atoms with Crippen LogP contribution in [0.15, 0.2) is 18.3 Å². The zero-order valence-electron chi connectivity index (χ0n) is 15.3. The molecule has 0 bridgehead atoms. The van der Waals surface area contributed by atoms with Crippen molar-refractivity contribution >= 4 is 11.9 Å². The van der Waals surface area contributed by atoms with Gasteiger partial charge in [-0.05, 0) is 38.8 Å². The molecule has 3 heterocycles. The Hall–Kier alpha value is -2.02. The second-order valence-electron chi connectivity index (χ2n) is 7.22. The monoisotopic (exact) mass is 348 g/mol. The second kappa shape index (κ2) is 7.47. The molecule has 138 valence electrons. The van der Waals surface area contributed by atoms with Gasteiger partial charge in [0.25, 0.3) is 5.91 Å². The highest BCUT2D eigenvalue weighted by Crippen LogP contribution is 2.24. The minimum absolute atomic E-state index is 0.0277. The van der Waals surface area contributed by atoms with E-state index in [0.717, 1.165) is 12.8 Å². The molecule has 25 heavy (non-hydrogen) atoms. The fourth-order valence-corrected chi connectivity index (χ4v) is 3.56. The number of carbonyl (C=O) groups excluding carboxylic acids is 2. The molecule has 3 amide bonds. The van der Waals surface area contributed by atoms with Crippen molar-refractivity contribution < 1.29 is 14.3 Å². The van der Waals surface area contributed by atoms with Crippen LogP contribution in [0.25, 0.3) is 0 Å². The van der Waals surface area contributed by atoms with E-state index in [9.17, 15) is 9.59 Å². The maximum atomic E-state index is 12.7. The van der Waals surface area contributed by atoms with Gasteiger partial charge in [-0.1, -0.05) is 0 Å². The average Bonchev–Trinajstić information content (AvgIpc) is 2.96. The summed E-state index contributed by atoms with van der Waals surface area (Å²) in [5.74, 6) is 0.0277. The minimum atomic E-state index is -0.0298. The maximum Gasteiger partial charge on any atom is 0.318 e. The van der Waals surface area contributed by atoms with Crippen molar-refractivity contribution in [2.45, 2.75) is 44.8 Å². The van der Waals surface area contributed by atoms with Crippen LogP contribution in [0.5, 0.6) is 0 Å². The van der Waals surface area contributed by atoms with E-state index in [-0.39, 0.29) is 30.1 Å². The number of amides is 3. The molecule has 1 aromatic heterocycles. The molecular weight excluding hydrogens is 320 g/mol. The molecular formula is C18H28N4O3. The van der Waals surface area contributed by atoms with Gasteiger partial charge in [-0.15, -0.1) is 0 Å². The lowest BCUT2D eigenvalue weighted by Crippen LogP contribution is -2.66. The van der Waals surface area contributed by atoms with Crippen LogP contribution >= 0.6 is 0 Å². The third-order valence-corrected chi connectivity index (χ3v) is 4.94. The van der Waals surface area contributed by atoms with E-state index in [4.69, 9.17) is 4.74 Å². The molecule has 2 saturated heterocycles. The Morgan fingerprint density at radius 2 is 1.92 bits per heavy atom. The Morgan fingerprint density at radius 3 is 2.48 bits per heavy atom. The predicted octanol–water partition coefficient (Wildman–Crippen LogP) is 1.45. The van der Waals surface area contributed by atoms with Crippen molar-refractivity contribution in [2.75, 3.05) is 26.3 Å². The molecule has 0 saturated carbocycles. The topological polar surface area (TPSA) is 66.8 Å². The molecule has 2 fully saturated rings. The molecule has 0 atom stereocenters. The van der Waals surface area contributed by atoms with E-state index in [1.54, 1.807) is 0 Å². The van der Waals surface area contributed by atoms with Crippen molar-refractivity contribution in [3.63, 3.8) is 0 Å². The lowest BCUT2D eigenvalue weighted by atomic mass is 10.00. The van der Waals surface area contributed by atoms with Gasteiger partial charge in [0.2, 0.25) is 0 Å². The van der Waals surface area contributed by atoms with Gasteiger partial charge < -0.3 is 24.4 Å². The molecule has 7 heteroatoms. The number of hydrogen-bond acceptors (Lipinski definition) is 3. The summed E-state index contributed by atoms with van der Waals surface area (Å²) >= 11 is 0. The summed E-state index contributed by atoms with van der Waals surface area (Å²) in [5.41, 5.74) is 0.683. The lowest BCUT2D eigenvalue weighted by Gasteiger charge is -2.49. The van der Waals surface area contributed by atoms with E-state index in [1.807, 2.05) is 53.6 Å². The number of nitrogens with one attached hydrogen (secondary N) is 1. The maximum absolute atomic E-state index is 12.7. The Morgan fingerprint density at radius 1 is 1.24 bits per heavy atom. The standard InChI is InChI=1S/C18H28N4O3/c1-13(2)19-18(24)22(14-6-9-25-10-7-14)15-11-21(12-15)17(23)16-5-4-8-20(16)3/h4-5,8,13-15H,6-7,9-12H2,1-3H3,(H,19,24). The molecule has 0 aromatic carbocycles. The van der Waals surface area contributed by atoms with Gasteiger partial charge in [0.05, 0.1) is 6.04 Å². The first-order valence-corrected chi connectivity index (χ1v) is 9.04. The number of carbonyl (C=O) groups is 2. The number of aryl methyl sites for hydroxylation is 1. The molecule has 0 unspecified atom stereocenters. The summed E-state index contributed by atoms with van der Waals surface area (Å²) < 4.78 is 7.27. The van der Waals surface area contributed by atoms with Crippen LogP contribution in [-0.2, 0) is 11.8 Å². The Bertz CT molecular complexity index is 616. The van der Waals surface area contributed by atoms with Crippen LogP contribution in [0.3, 0.4) is 0 Å². The molecule has 0 spiro atoms. The van der Waals surface area contributed by atoms with Gasteiger partial charge in [0.1, 0.15) is 5.69 Å². The molecule has 2 aliphatic rings. The predicted molar refractivity (Wildman–Crippen MR) is 94.5 cm³/mol. The van der Waals surface area contributed by atoms with Crippen LogP contribution in [0, 0.1) is 0 Å². The van der Waals surface area contributed by atoms with Crippen LogP contribution in [0.1, 0.15) is 37.2 Å². The number of aromatic nitrogens is 1. The first-order chi connectivity index (χ1) is 12.0. The molecule has 1 N–H and O–H groups in total. The van der Waals surface area contributed by atoms with E-state index < -0.39 is 0 Å². The zero-order chi connectivity index (χ0) is 18.0. The minimum Gasteiger partial charge on any atom is -0.381 e. The number of urea groups is 1. The smallest absolute Gasteiger partial charge is 0.318 e. The van der Waals surface area contributed by atoms with Gasteiger partial charge in [0, 0.05) is 51.6 Å². The summed E-state index contributed by atoms with van der Waals surface area (Å²) in [6.45, 7) is 6.49. The highest BCUT2D eigenvalue weighted by atomic mass is 16.5. The van der Waals surface area contributed by atoms with Crippen LogP contribution < -0.4 is 5.32 Å². The number of nitrogens with zero attached hydrogens (tertiary/aromatic N) is 3. The normalized spacial score (nSPS) is 19.0. The van der Waals surface area contributed by atoms with Crippen LogP contribution in [-0.4, -0.2) is 70.7 Å². The van der Waals surface area contributed by atoms with E-state index in [2.05, 4.69) is 5.32 Å². The Kier molecular flexibility index (Phi) is 5.32. The fraction of sp³-hybridized carbons (Fsp3) is 0.667. The Balaban J connectivity index is 1.65. The van der Waals surface area contributed by atoms with E-state index in [0.29, 0.717) is 32.0 Å². The number of rotatable bonds is 4. The summed E-state index contributed by atoms with van der Waals surface area (Å²) in [7, 11) is 1.87. The van der Waals surface area contributed by atoms with Crippen molar-refractivity contribution in [1.82, 2.24) is 19.7 Å². The molecule has 3 rings (SSSR count). The molecule has 2 aliphatic heterocycles. The van der Waals surface area contributed by atoms with Gasteiger partial charge in [-0.2, -0.15) is 0 Å². The average molecular weight is 348 g/mol. The van der Waals surface area contributed by atoms with Gasteiger partial charge in [-0.3, -0.25) is 4.79 Å². The van der Waals surface area contributed by atoms with Crippen LogP contribution in [0.2, 0.25) is 0 Å². The summed E-state index contributed by atoms with van der Waals surface area (Å²) in [4.78, 5) is 29.0. The van der Waals surface area contributed by atoms with Crippen molar-refractivity contribution in [3.05, 3.63) is 24.0 Å². The van der Waals surface area contributed by atoms with Gasteiger partial charge in [-0.25, -0.2) is 4.79 Å². The first-order valence-electron chi connectivity index (χ1n) is 9.04. The van der Waals surface area contributed by atoms with Gasteiger partial charge in [0.15, 0.2) is 0 Å². The second-order valence-corrected chi connectivity index (χ2v) is 7.22. The number of hydrogen-bond donors (Lipinski definition) is 1. The van der Waals surface area contributed by atoms with Crippen LogP contribution in [0.4, 0.5) is 4.79 Å². The third-order valence-electron chi connectivity index (χ3n) is 4.94. The summed E-state index contributed by atoms with van der Waals surface area (Å²) in [6.07, 6.45) is 3.58. The fourth-order valence-electron chi connectivity index (χ4n) is 3.56. The Labute approximate surface area is 148 Å². The highest BCUT2D eigenvalue weighted by Gasteiger charge is 2.41. The van der Waals surface area contributed by atoms with Crippen molar-refractivity contribution in [3.8, 4) is 0 Å². The molecule has 0 aliphatic carbocycles. The number of likely N-dealkylation sites (tertiary alicyclic amines) is 1. The third kappa shape index (κ3) is 3.81. The first kappa shape index (κ1) is 17.8. The summed E-state index contributed by atoms with van der Waals surface area (Å²) in [5, 5.41) is 3.01. The van der Waals surface area contributed by atoms with Gasteiger partial charge >= 0.3 is 6.03 Å². The lowest BCUT2D eigenvalue weighted by molar-refractivity contribution is -0.00551. The quantitative estimate of drug-likeness (QED) is 0.896. The summed E-state index contributed by atoms with van der Waals surface area (Å²) in [6, 6.07) is 4.02. The molecule has 7 nitrogen and oxygen atoms in total.